The van der Waals surface area contributed by atoms with Crippen LogP contribution in [0.15, 0.2) is 84.6 Å². The summed E-state index contributed by atoms with van der Waals surface area (Å²) in [4.78, 5) is 0. The quantitative estimate of drug-likeness (QED) is 0.504. The lowest BCUT2D eigenvalue weighted by Gasteiger charge is -2.32. The van der Waals surface area contributed by atoms with Gasteiger partial charge in [-0.1, -0.05) is 62.4 Å². The van der Waals surface area contributed by atoms with Gasteiger partial charge in [-0.05, 0) is 41.4 Å². The second kappa shape index (κ2) is 6.41. The van der Waals surface area contributed by atoms with Gasteiger partial charge in [-0.3, -0.25) is 0 Å². The third kappa shape index (κ3) is 2.64. The number of allylic oxidation sites excluding steroid dienone is 2. The molecular formula is C24H21BF2N2. The van der Waals surface area contributed by atoms with E-state index in [0.717, 1.165) is 16.7 Å². The minimum absolute atomic E-state index is 0.00998. The summed E-state index contributed by atoms with van der Waals surface area (Å²) in [6.45, 7) is -0.121. The van der Waals surface area contributed by atoms with Crippen LogP contribution in [-0.2, 0) is 0 Å². The van der Waals surface area contributed by atoms with E-state index in [1.165, 1.54) is 8.96 Å². The van der Waals surface area contributed by atoms with E-state index >= 15 is 8.63 Å². The Morgan fingerprint density at radius 1 is 0.793 bits per heavy atom. The molecule has 0 amide bonds. The summed E-state index contributed by atoms with van der Waals surface area (Å²) < 4.78 is 34.7. The lowest BCUT2D eigenvalue weighted by Crippen LogP contribution is -2.51. The van der Waals surface area contributed by atoms with Gasteiger partial charge < -0.3 is 17.6 Å². The van der Waals surface area contributed by atoms with Crippen LogP contribution in [0.3, 0.4) is 0 Å². The Bertz CT molecular complexity index is 1190. The molecule has 1 aromatic heterocycles. The van der Waals surface area contributed by atoms with Gasteiger partial charge in [-0.15, -0.1) is 0 Å². The van der Waals surface area contributed by atoms with E-state index in [0.29, 0.717) is 22.8 Å². The highest BCUT2D eigenvalue weighted by Crippen LogP contribution is 2.41. The van der Waals surface area contributed by atoms with Gasteiger partial charge in [0.15, 0.2) is 11.4 Å². The van der Waals surface area contributed by atoms with Crippen LogP contribution in [0, 0.1) is 0 Å². The molecule has 0 spiro atoms. The van der Waals surface area contributed by atoms with Crippen molar-refractivity contribution in [3.8, 4) is 0 Å². The Kier molecular flexibility index (Phi) is 3.95. The number of rotatable bonds is 3. The Hall–Kier alpha value is -3.21. The van der Waals surface area contributed by atoms with Crippen LogP contribution in [-0.4, -0.2) is 21.6 Å². The van der Waals surface area contributed by atoms with Crippen molar-refractivity contribution in [2.75, 3.05) is 0 Å². The Morgan fingerprint density at radius 3 is 2.03 bits per heavy atom. The van der Waals surface area contributed by atoms with Crippen LogP contribution in [0.5, 0.6) is 0 Å². The van der Waals surface area contributed by atoms with Crippen LogP contribution < -0.4 is 0 Å². The summed E-state index contributed by atoms with van der Waals surface area (Å²) in [5.41, 5.74) is 4.85. The molecule has 0 atom stereocenters. The number of fused-ring (bicyclic) bond motifs is 2. The standard InChI is InChI=1S/C24H21BF2N2/c1-17(2)22-14-13-20-15-24-21(18-9-5-3-6-10-18)16-23(19-11-7-4-8-12-19)29(24)25(26,27)28(20)22/h3-17H,1-2H3. The Balaban J connectivity index is 1.81. The van der Waals surface area contributed by atoms with Crippen molar-refractivity contribution >= 4 is 24.3 Å². The molecule has 5 heteroatoms. The molecule has 0 bridgehead atoms. The van der Waals surface area contributed by atoms with Crippen molar-refractivity contribution in [1.82, 2.24) is 4.48 Å². The summed E-state index contributed by atoms with van der Waals surface area (Å²) in [6.07, 6.45) is 3.79. The van der Waals surface area contributed by atoms with E-state index in [4.69, 9.17) is 0 Å². The maximum Gasteiger partial charge on any atom is 0.737 e. The molecule has 3 aromatic rings. The van der Waals surface area contributed by atoms with Crippen LogP contribution in [0.4, 0.5) is 8.63 Å². The highest BCUT2D eigenvalue weighted by atomic mass is 19.2. The van der Waals surface area contributed by atoms with E-state index < -0.39 is 6.97 Å². The number of halogens is 2. The van der Waals surface area contributed by atoms with Gasteiger partial charge in [-0.2, -0.15) is 0 Å². The Morgan fingerprint density at radius 2 is 1.41 bits per heavy atom. The molecule has 0 saturated carbocycles. The molecule has 0 saturated heterocycles. The number of hydrogen-bond donors (Lipinski definition) is 0. The first-order valence-electron chi connectivity index (χ1n) is 9.93. The molecular weight excluding hydrogens is 365 g/mol. The maximum atomic E-state index is 16.1. The first-order valence-corrected chi connectivity index (χ1v) is 9.93. The number of aromatic nitrogens is 1. The molecule has 3 heterocycles. The first-order chi connectivity index (χ1) is 14.0. The largest absolute Gasteiger partial charge is 0.737 e. The van der Waals surface area contributed by atoms with E-state index in [2.05, 4.69) is 0 Å². The zero-order valence-electron chi connectivity index (χ0n) is 16.4. The molecule has 2 aliphatic heterocycles. The van der Waals surface area contributed by atoms with Crippen LogP contribution in [0.25, 0.3) is 11.6 Å². The second-order valence-electron chi connectivity index (χ2n) is 7.87. The van der Waals surface area contributed by atoms with Crippen molar-refractivity contribution in [2.24, 2.45) is 0 Å². The first kappa shape index (κ1) is 17.9. The summed E-state index contributed by atoms with van der Waals surface area (Å²) in [5.74, 6) is 0.00998. The third-order valence-corrected chi connectivity index (χ3v) is 5.71. The van der Waals surface area contributed by atoms with Gasteiger partial charge in [0.1, 0.15) is 0 Å². The minimum Gasteiger partial charge on any atom is -0.394 e. The molecule has 0 N–H and O–H groups in total. The minimum atomic E-state index is -4.03. The molecule has 5 rings (SSSR count). The predicted molar refractivity (Wildman–Crippen MR) is 115 cm³/mol. The van der Waals surface area contributed by atoms with Gasteiger partial charge in [0.25, 0.3) is 0 Å². The molecule has 0 radical (unpaired) electrons. The van der Waals surface area contributed by atoms with Crippen LogP contribution in [0.2, 0.25) is 0 Å². The molecule has 2 aliphatic rings. The fourth-order valence-corrected chi connectivity index (χ4v) is 4.38. The lowest BCUT2D eigenvalue weighted by molar-refractivity contribution is -0.358. The summed E-state index contributed by atoms with van der Waals surface area (Å²) in [5, 5.41) is 0. The van der Waals surface area contributed by atoms with Gasteiger partial charge in [-0.25, -0.2) is 0 Å². The zero-order valence-corrected chi connectivity index (χ0v) is 16.4. The topological polar surface area (TPSA) is 7.94 Å². The van der Waals surface area contributed by atoms with Gasteiger partial charge in [0, 0.05) is 23.4 Å². The van der Waals surface area contributed by atoms with E-state index in [9.17, 15) is 0 Å². The van der Waals surface area contributed by atoms with E-state index in [-0.39, 0.29) is 5.92 Å². The Labute approximate surface area is 169 Å². The molecule has 2 aromatic carbocycles. The summed E-state index contributed by atoms with van der Waals surface area (Å²) in [7, 11) is 0. The number of nitrogens with zero attached hydrogens (tertiary/aromatic N) is 2. The highest BCUT2D eigenvalue weighted by Gasteiger charge is 2.54. The van der Waals surface area contributed by atoms with E-state index in [1.807, 2.05) is 92.7 Å². The second-order valence-corrected chi connectivity index (χ2v) is 7.87. The SMILES string of the molecule is CC(C)c1ccc2n1[B-](F)(F)[N+]1=C(c3ccccc3)C=C(c3ccccc3)C1=C2. The van der Waals surface area contributed by atoms with Gasteiger partial charge in [0.05, 0.1) is 5.57 Å². The van der Waals surface area contributed by atoms with Gasteiger partial charge >= 0.3 is 6.97 Å². The summed E-state index contributed by atoms with van der Waals surface area (Å²) >= 11 is 0. The number of hydrogen-bond acceptors (Lipinski definition) is 0. The zero-order chi connectivity index (χ0) is 20.2. The fraction of sp³-hybridized carbons (Fsp3) is 0.125. The average Bonchev–Trinajstić information content (AvgIpc) is 3.33. The van der Waals surface area contributed by atoms with Crippen LogP contribution in [0.1, 0.15) is 42.3 Å². The molecule has 29 heavy (non-hydrogen) atoms. The molecule has 0 unspecified atom stereocenters. The fourth-order valence-electron chi connectivity index (χ4n) is 4.38. The van der Waals surface area contributed by atoms with Crippen molar-refractivity contribution < 1.29 is 13.1 Å². The van der Waals surface area contributed by atoms with Crippen molar-refractivity contribution in [1.29, 1.82) is 0 Å². The molecule has 2 nitrogen and oxygen atoms in total. The summed E-state index contributed by atoms with van der Waals surface area (Å²) in [6, 6.07) is 22.8. The molecule has 144 valence electrons. The molecule has 0 fully saturated rings. The van der Waals surface area contributed by atoms with Crippen molar-refractivity contribution in [3.05, 3.63) is 107 Å². The third-order valence-electron chi connectivity index (χ3n) is 5.71. The lowest BCUT2D eigenvalue weighted by atomic mass is 9.87. The molecule has 0 aliphatic carbocycles. The van der Waals surface area contributed by atoms with Crippen molar-refractivity contribution in [2.45, 2.75) is 19.8 Å². The van der Waals surface area contributed by atoms with E-state index in [1.54, 1.807) is 6.07 Å². The highest BCUT2D eigenvalue weighted by molar-refractivity contribution is 6.58. The smallest absolute Gasteiger partial charge is 0.394 e. The van der Waals surface area contributed by atoms with Crippen LogP contribution >= 0.6 is 0 Å². The monoisotopic (exact) mass is 386 g/mol. The normalized spacial score (nSPS) is 17.1. The number of benzene rings is 2. The van der Waals surface area contributed by atoms with Gasteiger partial charge in [0.2, 0.25) is 0 Å². The van der Waals surface area contributed by atoms with Crippen molar-refractivity contribution in [3.63, 3.8) is 0 Å². The predicted octanol–water partition coefficient (Wildman–Crippen LogP) is 5.79. The average molecular weight is 386 g/mol. The maximum absolute atomic E-state index is 16.1.